The van der Waals surface area contributed by atoms with Crippen LogP contribution in [-0.2, 0) is 9.53 Å². The molecule has 2 N–H and O–H groups in total. The Morgan fingerprint density at radius 2 is 1.96 bits per heavy atom. The maximum absolute atomic E-state index is 12.2. The highest BCUT2D eigenvalue weighted by Crippen LogP contribution is 2.32. The first kappa shape index (κ1) is 20.1. The molecule has 1 atom stereocenters. The summed E-state index contributed by atoms with van der Waals surface area (Å²) in [6.07, 6.45) is 2.22. The topological polar surface area (TPSA) is 59.6 Å². The first-order valence-electron chi connectivity index (χ1n) is 8.54. The number of carbonyl (C=O) groups excluding carboxylic acids is 1. The van der Waals surface area contributed by atoms with Crippen molar-refractivity contribution in [2.75, 3.05) is 30.4 Å². The van der Waals surface area contributed by atoms with Gasteiger partial charge in [0.05, 0.1) is 33.4 Å². The number of rotatable bonds is 7. The lowest BCUT2D eigenvalue weighted by Crippen LogP contribution is -2.22. The summed E-state index contributed by atoms with van der Waals surface area (Å²) in [4.78, 5) is 12.2. The van der Waals surface area contributed by atoms with Crippen LogP contribution in [-0.4, -0.2) is 31.8 Å². The van der Waals surface area contributed by atoms with E-state index < -0.39 is 0 Å². The van der Waals surface area contributed by atoms with Crippen molar-refractivity contribution in [1.29, 1.82) is 0 Å². The number of ether oxygens (including phenoxy) is 2. The van der Waals surface area contributed by atoms with E-state index in [1.807, 2.05) is 12.1 Å². The zero-order chi connectivity index (χ0) is 19.2. The van der Waals surface area contributed by atoms with Gasteiger partial charge in [0.15, 0.2) is 0 Å². The largest absolute Gasteiger partial charge is 0.491 e. The molecule has 1 amide bonds. The number of hydrogen-bond acceptors (Lipinski definition) is 4. The fourth-order valence-electron chi connectivity index (χ4n) is 2.67. The molecule has 1 aliphatic heterocycles. The molecule has 0 radical (unpaired) electrons. The molecule has 8 heteroatoms. The molecule has 0 saturated carbocycles. The molecule has 27 heavy (non-hydrogen) atoms. The first-order valence-corrected chi connectivity index (χ1v) is 9.67. The second-order valence-corrected chi connectivity index (χ2v) is 7.34. The molecule has 2 aromatic rings. The molecular formula is C19H19Cl3N2O3. The summed E-state index contributed by atoms with van der Waals surface area (Å²) in [5, 5.41) is 6.86. The van der Waals surface area contributed by atoms with Crippen LogP contribution in [0.15, 0.2) is 36.4 Å². The van der Waals surface area contributed by atoms with E-state index in [2.05, 4.69) is 10.6 Å². The maximum Gasteiger partial charge on any atom is 0.243 e. The van der Waals surface area contributed by atoms with E-state index in [0.29, 0.717) is 38.8 Å². The van der Waals surface area contributed by atoms with Crippen LogP contribution in [0.1, 0.15) is 12.8 Å². The van der Waals surface area contributed by atoms with Gasteiger partial charge in [0.1, 0.15) is 12.4 Å². The van der Waals surface area contributed by atoms with Gasteiger partial charge in [0.25, 0.3) is 0 Å². The molecule has 1 aliphatic rings. The third-order valence-electron chi connectivity index (χ3n) is 4.03. The number of halogens is 3. The molecule has 3 rings (SSSR count). The second-order valence-electron chi connectivity index (χ2n) is 6.12. The highest BCUT2D eigenvalue weighted by Gasteiger charge is 2.16. The summed E-state index contributed by atoms with van der Waals surface area (Å²) in [6, 6.07) is 10.4. The molecule has 0 bridgehead atoms. The molecule has 1 saturated heterocycles. The van der Waals surface area contributed by atoms with Gasteiger partial charge in [-0.15, -0.1) is 0 Å². The highest BCUT2D eigenvalue weighted by atomic mass is 35.5. The molecule has 0 spiro atoms. The SMILES string of the molecule is O=C(CNc1cc(Cl)c(Cl)cc1Cl)Nc1cccc(OCC2CCCO2)c1. The van der Waals surface area contributed by atoms with E-state index in [9.17, 15) is 4.79 Å². The molecule has 1 unspecified atom stereocenters. The van der Waals surface area contributed by atoms with Crippen molar-refractivity contribution in [3.8, 4) is 5.75 Å². The summed E-state index contributed by atoms with van der Waals surface area (Å²) < 4.78 is 11.3. The smallest absolute Gasteiger partial charge is 0.243 e. The summed E-state index contributed by atoms with van der Waals surface area (Å²) in [5.41, 5.74) is 1.18. The van der Waals surface area contributed by atoms with Gasteiger partial charge in [-0.25, -0.2) is 0 Å². The zero-order valence-electron chi connectivity index (χ0n) is 14.4. The van der Waals surface area contributed by atoms with E-state index in [1.165, 1.54) is 6.07 Å². The molecule has 1 heterocycles. The number of carbonyl (C=O) groups is 1. The van der Waals surface area contributed by atoms with E-state index in [4.69, 9.17) is 44.3 Å². The fraction of sp³-hybridized carbons (Fsp3) is 0.316. The second kappa shape index (κ2) is 9.51. The Hall–Kier alpha value is -1.66. The van der Waals surface area contributed by atoms with Gasteiger partial charge in [0, 0.05) is 18.4 Å². The van der Waals surface area contributed by atoms with Crippen LogP contribution < -0.4 is 15.4 Å². The van der Waals surface area contributed by atoms with Gasteiger partial charge in [-0.2, -0.15) is 0 Å². The van der Waals surface area contributed by atoms with E-state index in [0.717, 1.165) is 19.4 Å². The third-order valence-corrected chi connectivity index (χ3v) is 5.06. The monoisotopic (exact) mass is 428 g/mol. The molecule has 0 aromatic heterocycles. The van der Waals surface area contributed by atoms with Crippen molar-refractivity contribution in [3.63, 3.8) is 0 Å². The minimum Gasteiger partial charge on any atom is -0.491 e. The van der Waals surface area contributed by atoms with Gasteiger partial charge in [-0.1, -0.05) is 40.9 Å². The van der Waals surface area contributed by atoms with Crippen molar-refractivity contribution < 1.29 is 14.3 Å². The van der Waals surface area contributed by atoms with E-state index >= 15 is 0 Å². The molecule has 2 aromatic carbocycles. The minimum absolute atomic E-state index is 0.0265. The Balaban J connectivity index is 1.51. The average molecular weight is 430 g/mol. The number of benzene rings is 2. The Kier molecular flexibility index (Phi) is 7.07. The van der Waals surface area contributed by atoms with Crippen molar-refractivity contribution in [2.24, 2.45) is 0 Å². The summed E-state index contributed by atoms with van der Waals surface area (Å²) in [6.45, 7) is 1.33. The van der Waals surface area contributed by atoms with Gasteiger partial charge < -0.3 is 20.1 Å². The number of hydrogen-bond donors (Lipinski definition) is 2. The lowest BCUT2D eigenvalue weighted by atomic mass is 10.2. The van der Waals surface area contributed by atoms with Crippen molar-refractivity contribution in [2.45, 2.75) is 18.9 Å². The van der Waals surface area contributed by atoms with Gasteiger partial charge >= 0.3 is 0 Å². The number of amides is 1. The van der Waals surface area contributed by atoms with E-state index in [-0.39, 0.29) is 18.6 Å². The number of nitrogens with one attached hydrogen (secondary N) is 2. The maximum atomic E-state index is 12.2. The first-order chi connectivity index (χ1) is 13.0. The highest BCUT2D eigenvalue weighted by molar-refractivity contribution is 6.44. The summed E-state index contributed by atoms with van der Waals surface area (Å²) in [5.74, 6) is 0.456. The predicted molar refractivity (Wildman–Crippen MR) is 110 cm³/mol. The Morgan fingerprint density at radius 3 is 2.74 bits per heavy atom. The van der Waals surface area contributed by atoms with Crippen LogP contribution in [0.5, 0.6) is 5.75 Å². The van der Waals surface area contributed by atoms with Gasteiger partial charge in [0.2, 0.25) is 5.91 Å². The van der Waals surface area contributed by atoms with Gasteiger partial charge in [-0.05, 0) is 37.1 Å². The summed E-state index contributed by atoms with van der Waals surface area (Å²) in [7, 11) is 0. The Morgan fingerprint density at radius 1 is 1.15 bits per heavy atom. The molecule has 1 fully saturated rings. The quantitative estimate of drug-likeness (QED) is 0.590. The molecule has 144 valence electrons. The minimum atomic E-state index is -0.228. The standard InChI is InChI=1S/C19H19Cl3N2O3/c20-15-8-17(22)18(9-16(15)21)23-10-19(25)24-12-3-1-4-13(7-12)27-11-14-5-2-6-26-14/h1,3-4,7-9,14,23H,2,5-6,10-11H2,(H,24,25). The van der Waals surface area contributed by atoms with Crippen LogP contribution in [0.2, 0.25) is 15.1 Å². The summed E-state index contributed by atoms with van der Waals surface area (Å²) >= 11 is 18.0. The van der Waals surface area contributed by atoms with Crippen molar-refractivity contribution >= 4 is 52.1 Å². The average Bonchev–Trinajstić information content (AvgIpc) is 3.16. The van der Waals surface area contributed by atoms with Crippen molar-refractivity contribution in [1.82, 2.24) is 0 Å². The van der Waals surface area contributed by atoms with Crippen LogP contribution in [0.25, 0.3) is 0 Å². The molecular weight excluding hydrogens is 411 g/mol. The van der Waals surface area contributed by atoms with Crippen LogP contribution in [0, 0.1) is 0 Å². The predicted octanol–water partition coefficient (Wildman–Crippen LogP) is 5.26. The van der Waals surface area contributed by atoms with Crippen LogP contribution in [0.3, 0.4) is 0 Å². The fourth-order valence-corrected chi connectivity index (χ4v) is 3.28. The van der Waals surface area contributed by atoms with Gasteiger partial charge in [-0.3, -0.25) is 4.79 Å². The van der Waals surface area contributed by atoms with Crippen LogP contribution in [0.4, 0.5) is 11.4 Å². The zero-order valence-corrected chi connectivity index (χ0v) is 16.7. The van der Waals surface area contributed by atoms with E-state index in [1.54, 1.807) is 18.2 Å². The molecule has 0 aliphatic carbocycles. The molecule has 5 nitrogen and oxygen atoms in total. The van der Waals surface area contributed by atoms with Crippen molar-refractivity contribution in [3.05, 3.63) is 51.5 Å². The third kappa shape index (κ3) is 5.91. The lowest BCUT2D eigenvalue weighted by Gasteiger charge is -2.13. The Bertz CT molecular complexity index is 811. The van der Waals surface area contributed by atoms with Crippen LogP contribution >= 0.6 is 34.8 Å². The lowest BCUT2D eigenvalue weighted by molar-refractivity contribution is -0.114. The normalized spacial score (nSPS) is 16.2. The number of anilines is 2. The Labute approximate surface area is 172 Å².